The highest BCUT2D eigenvalue weighted by atomic mass is 35.5. The molecule has 0 radical (unpaired) electrons. The van der Waals surface area contributed by atoms with Crippen LogP contribution in [-0.4, -0.2) is 15.4 Å². The Morgan fingerprint density at radius 2 is 2.20 bits per heavy atom. The summed E-state index contributed by atoms with van der Waals surface area (Å²) < 4.78 is 0. The van der Waals surface area contributed by atoms with Gasteiger partial charge in [0.25, 0.3) is 0 Å². The molecule has 1 unspecified atom stereocenters. The molecule has 0 heterocycles. The molecule has 1 aliphatic rings. The Bertz CT molecular complexity index is 91.3. The highest BCUT2D eigenvalue weighted by Crippen LogP contribution is 2.17. The number of allylic oxidation sites excluding steroid dienone is 2. The van der Waals surface area contributed by atoms with Crippen molar-refractivity contribution < 1.29 is 0 Å². The molecule has 0 nitrogen and oxygen atoms in total. The fourth-order valence-electron chi connectivity index (χ4n) is 0.824. The quantitative estimate of drug-likeness (QED) is 0.327. The first-order valence-electron chi connectivity index (χ1n) is 4.07. The third-order valence-electron chi connectivity index (χ3n) is 1.31. The number of rotatable bonds is 1. The summed E-state index contributed by atoms with van der Waals surface area (Å²) in [6.45, 7) is 4.53. The van der Waals surface area contributed by atoms with Gasteiger partial charge >= 0.3 is 0 Å². The van der Waals surface area contributed by atoms with Crippen LogP contribution in [0, 0.1) is 5.92 Å². The van der Waals surface area contributed by atoms with E-state index in [1.54, 1.807) is 0 Å². The maximum atomic E-state index is 5.56. The van der Waals surface area contributed by atoms with Crippen molar-refractivity contribution in [2.24, 2.45) is 5.92 Å². The van der Waals surface area contributed by atoms with Crippen molar-refractivity contribution in [3.05, 3.63) is 12.2 Å². The van der Waals surface area contributed by atoms with Crippen molar-refractivity contribution in [2.75, 3.05) is 5.88 Å². The van der Waals surface area contributed by atoms with Gasteiger partial charge in [-0.25, -0.2) is 0 Å². The second kappa shape index (κ2) is 7.36. The molecule has 0 saturated carbocycles. The number of hydrogen-bond donors (Lipinski definition) is 0. The highest BCUT2D eigenvalue weighted by Gasteiger charge is 2.05. The van der Waals surface area contributed by atoms with Crippen LogP contribution in [0.3, 0.4) is 0 Å². The zero-order valence-electron chi connectivity index (χ0n) is 6.94. The fraction of sp³-hybridized carbons (Fsp3) is 0.750. The van der Waals surface area contributed by atoms with Gasteiger partial charge < -0.3 is 0 Å². The third kappa shape index (κ3) is 5.07. The molecule has 0 aromatic rings. The van der Waals surface area contributed by atoms with E-state index in [2.05, 4.69) is 25.2 Å². The van der Waals surface area contributed by atoms with Crippen LogP contribution in [0.15, 0.2) is 12.2 Å². The molecule has 0 amide bonds. The van der Waals surface area contributed by atoms with E-state index in [4.69, 9.17) is 11.6 Å². The van der Waals surface area contributed by atoms with Crippen LogP contribution < -0.4 is 0 Å². The summed E-state index contributed by atoms with van der Waals surface area (Å²) in [5, 5.41) is 0. The van der Waals surface area contributed by atoms with Gasteiger partial charge in [-0.1, -0.05) is 25.2 Å². The molecule has 0 spiro atoms. The Morgan fingerprint density at radius 3 is 2.40 bits per heavy atom. The van der Waals surface area contributed by atoms with E-state index in [1.807, 2.05) is 0 Å². The molecule has 0 saturated heterocycles. The predicted molar refractivity (Wildman–Crippen MR) is 52.9 cm³/mol. The first-order chi connectivity index (χ1) is 4.85. The van der Waals surface area contributed by atoms with E-state index in [1.165, 1.54) is 12.8 Å². The number of alkyl halides is 1. The van der Waals surface area contributed by atoms with E-state index < -0.39 is 0 Å². The van der Waals surface area contributed by atoms with Gasteiger partial charge in [0.05, 0.1) is 0 Å². The smallest absolute Gasteiger partial charge is 0.0286 e. The van der Waals surface area contributed by atoms with Crippen molar-refractivity contribution in [3.8, 4) is 0 Å². The number of halogens is 1. The average Bonchev–Trinajstić information content (AvgIpc) is 2.39. The minimum absolute atomic E-state index is 0.417. The lowest BCUT2D eigenvalue weighted by molar-refractivity contribution is 0.708. The SMILES string of the molecule is C[SiH2]C.ClCC1C=CCC1. The first kappa shape index (κ1) is 10.2. The zero-order chi connectivity index (χ0) is 7.82. The molecule has 0 N–H and O–H groups in total. The van der Waals surface area contributed by atoms with E-state index in [-0.39, 0.29) is 0 Å². The minimum Gasteiger partial charge on any atom is -0.126 e. The molecule has 0 aromatic heterocycles. The van der Waals surface area contributed by atoms with E-state index in [9.17, 15) is 0 Å². The van der Waals surface area contributed by atoms with E-state index >= 15 is 0 Å². The van der Waals surface area contributed by atoms with Gasteiger partial charge in [0.1, 0.15) is 0 Å². The van der Waals surface area contributed by atoms with Gasteiger partial charge in [-0.05, 0) is 18.8 Å². The van der Waals surface area contributed by atoms with Gasteiger partial charge in [-0.3, -0.25) is 0 Å². The van der Waals surface area contributed by atoms with Gasteiger partial charge in [-0.2, -0.15) is 0 Å². The maximum absolute atomic E-state index is 5.56. The fourth-order valence-corrected chi connectivity index (χ4v) is 1.08. The van der Waals surface area contributed by atoms with Crippen molar-refractivity contribution in [2.45, 2.75) is 25.9 Å². The molecule has 0 aliphatic heterocycles. The highest BCUT2D eigenvalue weighted by molar-refractivity contribution is 6.31. The second-order valence-corrected chi connectivity index (χ2v) is 4.35. The Labute approximate surface area is 71.5 Å². The van der Waals surface area contributed by atoms with Crippen LogP contribution in [0.2, 0.25) is 13.1 Å². The van der Waals surface area contributed by atoms with Gasteiger partial charge in [-0.15, -0.1) is 11.6 Å². The summed E-state index contributed by atoms with van der Waals surface area (Å²) in [5.41, 5.74) is 0. The molecule has 0 bridgehead atoms. The minimum atomic E-state index is 0.417. The summed E-state index contributed by atoms with van der Waals surface area (Å²) in [6.07, 6.45) is 6.90. The monoisotopic (exact) mass is 176 g/mol. The topological polar surface area (TPSA) is 0 Å². The Hall–Kier alpha value is 0.247. The van der Waals surface area contributed by atoms with Crippen LogP contribution in [0.5, 0.6) is 0 Å². The van der Waals surface area contributed by atoms with Crippen LogP contribution in [0.25, 0.3) is 0 Å². The molecular formula is C8H17ClSi. The summed E-state index contributed by atoms with van der Waals surface area (Å²) in [4.78, 5) is 0. The molecule has 1 aliphatic carbocycles. The average molecular weight is 177 g/mol. The second-order valence-electron chi connectivity index (χ2n) is 2.63. The van der Waals surface area contributed by atoms with Gasteiger partial charge in [0.15, 0.2) is 0 Å². The van der Waals surface area contributed by atoms with Crippen LogP contribution in [0.4, 0.5) is 0 Å². The third-order valence-corrected chi connectivity index (χ3v) is 1.71. The maximum Gasteiger partial charge on any atom is 0.0286 e. The molecule has 2 heteroatoms. The van der Waals surface area contributed by atoms with Crippen molar-refractivity contribution in [1.82, 2.24) is 0 Å². The molecule has 10 heavy (non-hydrogen) atoms. The normalized spacial score (nSPS) is 22.1. The van der Waals surface area contributed by atoms with Crippen molar-refractivity contribution in [1.29, 1.82) is 0 Å². The Balaban J connectivity index is 0.000000236. The van der Waals surface area contributed by atoms with Crippen LogP contribution in [-0.2, 0) is 0 Å². The molecule has 1 atom stereocenters. The predicted octanol–water partition coefficient (Wildman–Crippen LogP) is 2.44. The molecule has 1 rings (SSSR count). The van der Waals surface area contributed by atoms with Crippen molar-refractivity contribution in [3.63, 3.8) is 0 Å². The van der Waals surface area contributed by atoms with E-state index in [0.29, 0.717) is 15.4 Å². The summed E-state index contributed by atoms with van der Waals surface area (Å²) in [6, 6.07) is 0. The van der Waals surface area contributed by atoms with Crippen molar-refractivity contribution >= 4 is 21.1 Å². The standard InChI is InChI=1S/C6H9Cl.C2H8Si/c7-5-6-3-1-2-4-6;1-3-2/h1,3,6H,2,4-5H2;3H2,1-2H3. The first-order valence-corrected chi connectivity index (χ1v) is 7.44. The summed E-state index contributed by atoms with van der Waals surface area (Å²) in [7, 11) is 0.417. The summed E-state index contributed by atoms with van der Waals surface area (Å²) in [5.74, 6) is 1.48. The van der Waals surface area contributed by atoms with Crippen LogP contribution >= 0.6 is 11.6 Å². The van der Waals surface area contributed by atoms with E-state index in [0.717, 1.165) is 5.88 Å². The molecule has 0 aromatic carbocycles. The largest absolute Gasteiger partial charge is 0.126 e. The zero-order valence-corrected chi connectivity index (χ0v) is 9.11. The Kier molecular flexibility index (Phi) is 7.54. The Morgan fingerprint density at radius 1 is 1.60 bits per heavy atom. The summed E-state index contributed by atoms with van der Waals surface area (Å²) >= 11 is 5.56. The molecule has 0 fully saturated rings. The lowest BCUT2D eigenvalue weighted by atomic mass is 10.2. The van der Waals surface area contributed by atoms with Crippen LogP contribution in [0.1, 0.15) is 12.8 Å². The van der Waals surface area contributed by atoms with Gasteiger partial charge in [0.2, 0.25) is 0 Å². The lowest BCUT2D eigenvalue weighted by Gasteiger charge is -1.96. The number of hydrogen-bond acceptors (Lipinski definition) is 0. The molecular weight excluding hydrogens is 160 g/mol. The van der Waals surface area contributed by atoms with Gasteiger partial charge in [0, 0.05) is 15.4 Å². The molecule has 60 valence electrons. The lowest BCUT2D eigenvalue weighted by Crippen LogP contribution is -1.90.